The summed E-state index contributed by atoms with van der Waals surface area (Å²) < 4.78 is 11.4. The lowest BCUT2D eigenvalue weighted by Gasteiger charge is -2.25. The summed E-state index contributed by atoms with van der Waals surface area (Å²) in [5.74, 6) is 1.87. The van der Waals surface area contributed by atoms with Crippen molar-refractivity contribution in [3.63, 3.8) is 0 Å². The van der Waals surface area contributed by atoms with Crippen LogP contribution in [0.15, 0.2) is 41.9 Å². The first-order valence-electron chi connectivity index (χ1n) is 9.19. The van der Waals surface area contributed by atoms with Crippen LogP contribution in [-0.4, -0.2) is 50.3 Å². The number of nitrogens with zero attached hydrogens (tertiary/aromatic N) is 2. The predicted octanol–water partition coefficient (Wildman–Crippen LogP) is 3.45. The molecule has 2 aliphatic rings. The molecule has 0 saturated carbocycles. The number of hydrogen-bond donors (Lipinski definition) is 1. The fraction of sp³-hybridized carbons (Fsp3) is 0.550. The molecular weight excluding hydrogens is 441 g/mol. The quantitative estimate of drug-likeness (QED) is 0.299. The van der Waals surface area contributed by atoms with E-state index in [4.69, 9.17) is 14.5 Å². The first-order valence-corrected chi connectivity index (χ1v) is 9.19. The predicted molar refractivity (Wildman–Crippen MR) is 116 cm³/mol. The van der Waals surface area contributed by atoms with Crippen molar-refractivity contribution in [2.45, 2.75) is 26.3 Å². The molecular formula is C20H30IN3O2. The Morgan fingerprint density at radius 2 is 2.27 bits per heavy atom. The van der Waals surface area contributed by atoms with Crippen LogP contribution in [0.2, 0.25) is 0 Å². The molecule has 6 heteroatoms. The number of para-hydroxylation sites is 1. The minimum absolute atomic E-state index is 0. The first kappa shape index (κ1) is 21.0. The molecule has 1 unspecified atom stereocenters. The lowest BCUT2D eigenvalue weighted by Crippen LogP contribution is -2.41. The van der Waals surface area contributed by atoms with E-state index in [9.17, 15) is 0 Å². The third-order valence-electron chi connectivity index (χ3n) is 4.99. The molecule has 1 aromatic carbocycles. The smallest absolute Gasteiger partial charge is 0.194 e. The normalized spacial score (nSPS) is 22.3. The van der Waals surface area contributed by atoms with Crippen LogP contribution in [0.4, 0.5) is 0 Å². The monoisotopic (exact) mass is 471 g/mol. The van der Waals surface area contributed by atoms with Crippen molar-refractivity contribution in [2.24, 2.45) is 10.4 Å². The molecule has 1 atom stereocenters. The van der Waals surface area contributed by atoms with Gasteiger partial charge in [-0.05, 0) is 25.8 Å². The van der Waals surface area contributed by atoms with Crippen LogP contribution < -0.4 is 10.1 Å². The Morgan fingerprint density at radius 1 is 1.42 bits per heavy atom. The van der Waals surface area contributed by atoms with Crippen LogP contribution in [0.25, 0.3) is 0 Å². The van der Waals surface area contributed by atoms with E-state index in [1.165, 1.54) is 12.8 Å². The van der Waals surface area contributed by atoms with E-state index in [-0.39, 0.29) is 24.0 Å². The topological polar surface area (TPSA) is 46.1 Å². The number of aliphatic imine (C=N–C) groups is 1. The average Bonchev–Trinajstić information content (AvgIpc) is 3.27. The fourth-order valence-electron chi connectivity index (χ4n) is 3.60. The molecule has 0 aliphatic carbocycles. The maximum atomic E-state index is 5.74. The summed E-state index contributed by atoms with van der Waals surface area (Å²) in [6.07, 6.45) is 4.12. The molecule has 1 N–H and O–H groups in total. The van der Waals surface area contributed by atoms with Crippen molar-refractivity contribution in [3.05, 3.63) is 42.5 Å². The number of rotatable bonds is 6. The lowest BCUT2D eigenvalue weighted by atomic mass is 9.87. The molecule has 1 spiro atoms. The van der Waals surface area contributed by atoms with Crippen LogP contribution in [0, 0.1) is 5.41 Å². The molecule has 2 fully saturated rings. The minimum Gasteiger partial charge on any atom is -0.489 e. The molecule has 0 aromatic heterocycles. The molecule has 3 rings (SSSR count). The second-order valence-electron chi connectivity index (χ2n) is 6.85. The lowest BCUT2D eigenvalue weighted by molar-refractivity contribution is 0.156. The number of hydrogen-bond acceptors (Lipinski definition) is 3. The molecule has 2 heterocycles. The highest BCUT2D eigenvalue weighted by molar-refractivity contribution is 14.0. The fourth-order valence-corrected chi connectivity index (χ4v) is 3.60. The second-order valence-corrected chi connectivity index (χ2v) is 6.85. The van der Waals surface area contributed by atoms with Gasteiger partial charge in [-0.3, -0.25) is 0 Å². The largest absolute Gasteiger partial charge is 0.489 e. The average molecular weight is 471 g/mol. The Kier molecular flexibility index (Phi) is 8.21. The molecule has 26 heavy (non-hydrogen) atoms. The molecule has 5 nitrogen and oxygen atoms in total. The number of likely N-dealkylation sites (tertiary alicyclic amines) is 1. The maximum Gasteiger partial charge on any atom is 0.194 e. The third kappa shape index (κ3) is 5.13. The van der Waals surface area contributed by atoms with Crippen molar-refractivity contribution in [1.82, 2.24) is 10.2 Å². The van der Waals surface area contributed by atoms with E-state index in [0.717, 1.165) is 50.1 Å². The standard InChI is InChI=1S/C20H29N3O2.HI/c1-3-12-25-18-8-6-5-7-17(18)14-22-19(21-4-2)23-11-9-20(15-23)10-13-24-16-20;/h3,5-8H,1,4,9-16H2,2H3,(H,21,22);1H. The van der Waals surface area contributed by atoms with Gasteiger partial charge in [-0.2, -0.15) is 0 Å². The van der Waals surface area contributed by atoms with Crippen LogP contribution >= 0.6 is 24.0 Å². The Labute approximate surface area is 173 Å². The highest BCUT2D eigenvalue weighted by Gasteiger charge is 2.42. The minimum atomic E-state index is 0. The number of halogens is 1. The van der Waals surface area contributed by atoms with Crippen molar-refractivity contribution in [2.75, 3.05) is 39.5 Å². The van der Waals surface area contributed by atoms with Gasteiger partial charge in [0.05, 0.1) is 13.2 Å². The van der Waals surface area contributed by atoms with Crippen LogP contribution in [0.1, 0.15) is 25.3 Å². The number of ether oxygens (including phenoxy) is 2. The summed E-state index contributed by atoms with van der Waals surface area (Å²) in [7, 11) is 0. The summed E-state index contributed by atoms with van der Waals surface area (Å²) in [6, 6.07) is 8.07. The molecule has 0 bridgehead atoms. The summed E-state index contributed by atoms with van der Waals surface area (Å²) >= 11 is 0. The van der Waals surface area contributed by atoms with E-state index in [1.54, 1.807) is 6.08 Å². The van der Waals surface area contributed by atoms with E-state index < -0.39 is 0 Å². The van der Waals surface area contributed by atoms with Crippen LogP contribution in [0.5, 0.6) is 5.75 Å². The van der Waals surface area contributed by atoms with E-state index in [0.29, 0.717) is 18.6 Å². The van der Waals surface area contributed by atoms with Crippen molar-refractivity contribution in [1.29, 1.82) is 0 Å². The molecule has 0 radical (unpaired) electrons. The van der Waals surface area contributed by atoms with Gasteiger partial charge in [0, 0.05) is 37.2 Å². The zero-order valence-corrected chi connectivity index (χ0v) is 17.9. The van der Waals surface area contributed by atoms with Crippen LogP contribution in [0.3, 0.4) is 0 Å². The third-order valence-corrected chi connectivity index (χ3v) is 4.99. The van der Waals surface area contributed by atoms with Gasteiger partial charge in [-0.1, -0.05) is 30.9 Å². The first-order chi connectivity index (χ1) is 12.3. The second kappa shape index (κ2) is 10.2. The van der Waals surface area contributed by atoms with E-state index in [2.05, 4.69) is 29.8 Å². The summed E-state index contributed by atoms with van der Waals surface area (Å²) in [6.45, 7) is 11.7. The van der Waals surface area contributed by atoms with Gasteiger partial charge >= 0.3 is 0 Å². The summed E-state index contributed by atoms with van der Waals surface area (Å²) in [5, 5.41) is 3.44. The zero-order chi connectivity index (χ0) is 17.5. The van der Waals surface area contributed by atoms with Gasteiger partial charge < -0.3 is 19.7 Å². The Balaban J connectivity index is 0.00000243. The number of guanidine groups is 1. The highest BCUT2D eigenvalue weighted by atomic mass is 127. The maximum absolute atomic E-state index is 5.74. The summed E-state index contributed by atoms with van der Waals surface area (Å²) in [4.78, 5) is 7.25. The summed E-state index contributed by atoms with van der Waals surface area (Å²) in [5.41, 5.74) is 1.43. The molecule has 0 amide bonds. The van der Waals surface area contributed by atoms with Gasteiger partial charge in [0.1, 0.15) is 12.4 Å². The SMILES string of the molecule is C=CCOc1ccccc1CN=C(NCC)N1CCC2(CCOC2)C1.I. The van der Waals surface area contributed by atoms with Crippen LogP contribution in [-0.2, 0) is 11.3 Å². The van der Waals surface area contributed by atoms with Crippen molar-refractivity contribution < 1.29 is 9.47 Å². The number of benzene rings is 1. The number of nitrogens with one attached hydrogen (secondary N) is 1. The van der Waals surface area contributed by atoms with Gasteiger partial charge in [-0.15, -0.1) is 24.0 Å². The van der Waals surface area contributed by atoms with Gasteiger partial charge in [0.15, 0.2) is 5.96 Å². The van der Waals surface area contributed by atoms with E-state index >= 15 is 0 Å². The Hall–Kier alpha value is -1.28. The Morgan fingerprint density at radius 3 is 3.00 bits per heavy atom. The van der Waals surface area contributed by atoms with E-state index in [1.807, 2.05) is 18.2 Å². The van der Waals surface area contributed by atoms with Gasteiger partial charge in [0.2, 0.25) is 0 Å². The van der Waals surface area contributed by atoms with Gasteiger partial charge in [0.25, 0.3) is 0 Å². The van der Waals surface area contributed by atoms with Gasteiger partial charge in [-0.25, -0.2) is 4.99 Å². The molecule has 2 saturated heterocycles. The zero-order valence-electron chi connectivity index (χ0n) is 15.6. The Bertz CT molecular complexity index is 615. The molecule has 2 aliphatic heterocycles. The highest BCUT2D eigenvalue weighted by Crippen LogP contribution is 2.38. The van der Waals surface area contributed by atoms with Crippen molar-refractivity contribution >= 4 is 29.9 Å². The molecule has 1 aromatic rings. The van der Waals surface area contributed by atoms with Crippen molar-refractivity contribution in [3.8, 4) is 5.75 Å². The molecule has 144 valence electrons.